The Kier molecular flexibility index (Phi) is 5.40. The highest BCUT2D eigenvalue weighted by Crippen LogP contribution is 2.22. The fourth-order valence-corrected chi connectivity index (χ4v) is 1.84. The number of amides is 1. The highest BCUT2D eigenvalue weighted by atomic mass is 16.5. The molecule has 1 N–H and O–H groups in total. The summed E-state index contributed by atoms with van der Waals surface area (Å²) >= 11 is 0. The Morgan fingerprint density at radius 2 is 2.09 bits per heavy atom. The third kappa shape index (κ3) is 4.54. The molecule has 0 aliphatic rings. The number of ether oxygens (including phenoxy) is 1. The summed E-state index contributed by atoms with van der Waals surface area (Å²) in [6.07, 6.45) is 4.72. The Hall–Kier alpha value is -2.98. The number of carbonyl (C=O) groups excluding carboxylic acids is 2. The zero-order chi connectivity index (χ0) is 15.8. The van der Waals surface area contributed by atoms with Gasteiger partial charge in [-0.3, -0.25) is 5.32 Å². The van der Waals surface area contributed by atoms with Gasteiger partial charge in [-0.2, -0.15) is 4.99 Å². The second kappa shape index (κ2) is 7.71. The van der Waals surface area contributed by atoms with Crippen molar-refractivity contribution in [1.29, 1.82) is 0 Å². The number of pyridine rings is 1. The third-order valence-electron chi connectivity index (χ3n) is 2.98. The van der Waals surface area contributed by atoms with Crippen LogP contribution in [-0.4, -0.2) is 18.8 Å². The molecule has 6 heteroatoms. The van der Waals surface area contributed by atoms with Crippen LogP contribution in [0.3, 0.4) is 0 Å². The van der Waals surface area contributed by atoms with E-state index >= 15 is 0 Å². The molecular weight excluding hydrogens is 282 g/mol. The van der Waals surface area contributed by atoms with Gasteiger partial charge in [-0.25, -0.2) is 14.2 Å². The van der Waals surface area contributed by atoms with Gasteiger partial charge in [-0.1, -0.05) is 12.1 Å². The summed E-state index contributed by atoms with van der Waals surface area (Å²) in [5.41, 5.74) is 1.80. The molecule has 2 rings (SSSR count). The molecule has 1 aromatic carbocycles. The molecule has 22 heavy (non-hydrogen) atoms. The van der Waals surface area contributed by atoms with E-state index in [0.29, 0.717) is 17.9 Å². The number of anilines is 1. The summed E-state index contributed by atoms with van der Waals surface area (Å²) in [6.45, 7) is 2.64. The van der Waals surface area contributed by atoms with Crippen LogP contribution in [0.2, 0.25) is 0 Å². The Morgan fingerprint density at radius 3 is 2.82 bits per heavy atom. The van der Waals surface area contributed by atoms with E-state index in [1.165, 1.54) is 6.08 Å². The number of aryl methyl sites for hydroxylation is 1. The topological polar surface area (TPSA) is 71.6 Å². The molecule has 0 radical (unpaired) electrons. The predicted octanol–water partition coefficient (Wildman–Crippen LogP) is 2.50. The van der Waals surface area contributed by atoms with Crippen LogP contribution in [0.25, 0.3) is 0 Å². The molecule has 0 saturated heterocycles. The van der Waals surface area contributed by atoms with E-state index in [-0.39, 0.29) is 6.61 Å². The van der Waals surface area contributed by atoms with Crippen LogP contribution >= 0.6 is 0 Å². The van der Waals surface area contributed by atoms with E-state index < -0.39 is 6.09 Å². The molecule has 0 spiro atoms. The molecule has 1 amide bonds. The van der Waals surface area contributed by atoms with Crippen molar-refractivity contribution in [2.45, 2.75) is 13.5 Å². The van der Waals surface area contributed by atoms with Crippen molar-refractivity contribution < 1.29 is 18.9 Å². The van der Waals surface area contributed by atoms with Crippen LogP contribution in [0.5, 0.6) is 0 Å². The van der Waals surface area contributed by atoms with Crippen molar-refractivity contribution in [2.24, 2.45) is 4.99 Å². The number of benzene rings is 1. The van der Waals surface area contributed by atoms with Crippen LogP contribution in [0, 0.1) is 6.92 Å². The summed E-state index contributed by atoms with van der Waals surface area (Å²) < 4.78 is 7.01. The number of isocyanates is 1. The number of nitrogens with one attached hydrogen (secondary N) is 1. The molecule has 2 aromatic rings. The lowest BCUT2D eigenvalue weighted by Gasteiger charge is -2.07. The minimum absolute atomic E-state index is 0.256. The molecule has 0 unspecified atom stereocenters. The first-order chi connectivity index (χ1) is 10.7. The smallest absolute Gasteiger partial charge is 0.411 e. The lowest BCUT2D eigenvalue weighted by atomic mass is 10.2. The van der Waals surface area contributed by atoms with Crippen LogP contribution in [-0.2, 0) is 16.1 Å². The Labute approximate surface area is 128 Å². The van der Waals surface area contributed by atoms with Gasteiger partial charge in [0.1, 0.15) is 0 Å². The molecule has 0 fully saturated rings. The van der Waals surface area contributed by atoms with Crippen molar-refractivity contribution in [3.8, 4) is 0 Å². The van der Waals surface area contributed by atoms with Gasteiger partial charge in [0, 0.05) is 17.8 Å². The molecule has 112 valence electrons. The summed E-state index contributed by atoms with van der Waals surface area (Å²) in [6, 6.07) is 10.8. The van der Waals surface area contributed by atoms with Gasteiger partial charge < -0.3 is 4.74 Å². The van der Waals surface area contributed by atoms with E-state index in [2.05, 4.69) is 10.3 Å². The van der Waals surface area contributed by atoms with Crippen molar-refractivity contribution in [2.75, 3.05) is 11.9 Å². The molecule has 1 heterocycles. The first-order valence-electron chi connectivity index (χ1n) is 6.75. The van der Waals surface area contributed by atoms with Crippen molar-refractivity contribution in [3.05, 3.63) is 54.4 Å². The van der Waals surface area contributed by atoms with Gasteiger partial charge in [-0.05, 0) is 24.6 Å². The molecule has 1 aromatic heterocycles. The Bertz CT molecular complexity index is 695. The zero-order valence-electron chi connectivity index (χ0n) is 12.2. The highest BCUT2D eigenvalue weighted by molar-refractivity contribution is 5.85. The minimum atomic E-state index is -0.554. The molecule has 0 aliphatic carbocycles. The molecule has 0 saturated carbocycles. The first-order valence-corrected chi connectivity index (χ1v) is 6.75. The van der Waals surface area contributed by atoms with Crippen LogP contribution in [0.1, 0.15) is 5.56 Å². The number of rotatable bonds is 5. The van der Waals surface area contributed by atoms with Gasteiger partial charge in [0.05, 0.1) is 5.69 Å². The first kappa shape index (κ1) is 15.4. The van der Waals surface area contributed by atoms with Gasteiger partial charge in [-0.15, -0.1) is 0 Å². The van der Waals surface area contributed by atoms with Gasteiger partial charge in [0.15, 0.2) is 25.5 Å². The molecule has 0 bridgehead atoms. The number of aromatic nitrogens is 1. The monoisotopic (exact) mass is 298 g/mol. The van der Waals surface area contributed by atoms with Gasteiger partial charge in [0.25, 0.3) is 0 Å². The van der Waals surface area contributed by atoms with Gasteiger partial charge in [0.2, 0.25) is 6.08 Å². The van der Waals surface area contributed by atoms with E-state index in [9.17, 15) is 9.59 Å². The third-order valence-corrected chi connectivity index (χ3v) is 2.98. The van der Waals surface area contributed by atoms with E-state index in [1.54, 1.807) is 18.2 Å². The molecule has 0 aliphatic heterocycles. The molecule has 6 nitrogen and oxygen atoms in total. The maximum atomic E-state index is 11.7. The summed E-state index contributed by atoms with van der Waals surface area (Å²) in [5, 5.41) is 2.59. The van der Waals surface area contributed by atoms with E-state index in [4.69, 9.17) is 4.74 Å². The number of carbonyl (C=O) groups is 1. The SMILES string of the molecule is Cc1ccc(NC(=O)OCC[n+]2ccccc2)cc1N=C=O. The van der Waals surface area contributed by atoms with Gasteiger partial charge >= 0.3 is 6.09 Å². The number of aliphatic imine (C=N–C) groups is 1. The standard InChI is InChI=1S/C16H15N3O3/c1-13-5-6-14(11-15(13)17-12-20)18-16(21)22-10-9-19-7-3-2-4-8-19/h2-8,11H,9-10H2,1H3/p+1. The second-order valence-corrected chi connectivity index (χ2v) is 4.58. The average molecular weight is 298 g/mol. The minimum Gasteiger partial charge on any atom is -0.443 e. The van der Waals surface area contributed by atoms with Crippen molar-refractivity contribution in [3.63, 3.8) is 0 Å². The summed E-state index contributed by atoms with van der Waals surface area (Å²) in [5.74, 6) is 0. The fourth-order valence-electron chi connectivity index (χ4n) is 1.84. The number of hydrogen-bond acceptors (Lipinski definition) is 4. The average Bonchev–Trinajstić information content (AvgIpc) is 2.52. The maximum absolute atomic E-state index is 11.7. The van der Waals surface area contributed by atoms with Crippen LogP contribution in [0.15, 0.2) is 53.8 Å². The lowest BCUT2D eigenvalue weighted by Crippen LogP contribution is -2.35. The number of hydrogen-bond donors (Lipinski definition) is 1. The van der Waals surface area contributed by atoms with Crippen LogP contribution < -0.4 is 9.88 Å². The lowest BCUT2D eigenvalue weighted by molar-refractivity contribution is -0.697. The predicted molar refractivity (Wildman–Crippen MR) is 80.6 cm³/mol. The van der Waals surface area contributed by atoms with E-state index in [0.717, 1.165) is 5.56 Å². The normalized spacial score (nSPS) is 9.68. The highest BCUT2D eigenvalue weighted by Gasteiger charge is 2.07. The summed E-state index contributed by atoms with van der Waals surface area (Å²) in [4.78, 5) is 25.6. The fraction of sp³-hybridized carbons (Fsp3) is 0.188. The second-order valence-electron chi connectivity index (χ2n) is 4.58. The van der Waals surface area contributed by atoms with Crippen molar-refractivity contribution in [1.82, 2.24) is 0 Å². The molecular formula is C16H16N3O3+. The van der Waals surface area contributed by atoms with E-state index in [1.807, 2.05) is 42.1 Å². The van der Waals surface area contributed by atoms with Crippen LogP contribution in [0.4, 0.5) is 16.2 Å². The number of nitrogens with zero attached hydrogens (tertiary/aromatic N) is 2. The zero-order valence-corrected chi connectivity index (χ0v) is 12.2. The maximum Gasteiger partial charge on any atom is 0.411 e. The summed E-state index contributed by atoms with van der Waals surface area (Å²) in [7, 11) is 0. The Balaban J connectivity index is 1.87. The quantitative estimate of drug-likeness (QED) is 0.523. The van der Waals surface area contributed by atoms with Crippen molar-refractivity contribution >= 4 is 23.5 Å². The largest absolute Gasteiger partial charge is 0.443 e. The molecule has 0 atom stereocenters. The Morgan fingerprint density at radius 1 is 1.32 bits per heavy atom.